The number of benzene rings is 2. The van der Waals surface area contributed by atoms with Crippen molar-refractivity contribution in [2.45, 2.75) is 13.8 Å². The Kier molecular flexibility index (Phi) is 6.39. The molecule has 1 N–H and O–H groups in total. The normalized spacial score (nSPS) is 11.5. The van der Waals surface area contributed by atoms with Crippen molar-refractivity contribution in [2.24, 2.45) is 5.10 Å². The Morgan fingerprint density at radius 3 is 2.58 bits per heavy atom. The van der Waals surface area contributed by atoms with E-state index in [9.17, 15) is 13.2 Å². The molecule has 2 aromatic rings. The Morgan fingerprint density at radius 1 is 1.23 bits per heavy atom. The van der Waals surface area contributed by atoms with Gasteiger partial charge in [-0.05, 0) is 43.2 Å². The zero-order chi connectivity index (χ0) is 19.3. The van der Waals surface area contributed by atoms with Crippen LogP contribution in [-0.4, -0.2) is 33.3 Å². The first-order valence-corrected chi connectivity index (χ1v) is 10.0. The molecule has 8 heteroatoms. The second-order valence-corrected chi connectivity index (χ2v) is 8.25. The molecule has 0 heterocycles. The van der Waals surface area contributed by atoms with E-state index in [1.807, 2.05) is 13.0 Å². The standard InChI is InChI=1S/C18H20ClN3O3S/c1-13-7-8-17(14(2)9-13)22(26(3,24)25)12-18(23)21-20-11-15-5-4-6-16(19)10-15/h4-11H,12H2,1-3H3,(H,21,23)/b20-11-. The van der Waals surface area contributed by atoms with Gasteiger partial charge in [0.25, 0.3) is 5.91 Å². The summed E-state index contributed by atoms with van der Waals surface area (Å²) < 4.78 is 25.3. The number of amides is 1. The molecule has 0 aliphatic rings. The highest BCUT2D eigenvalue weighted by atomic mass is 35.5. The van der Waals surface area contributed by atoms with Gasteiger partial charge in [0.2, 0.25) is 10.0 Å². The largest absolute Gasteiger partial charge is 0.271 e. The minimum atomic E-state index is -3.63. The number of rotatable bonds is 6. The Bertz CT molecular complexity index is 942. The van der Waals surface area contributed by atoms with Crippen LogP contribution in [0.1, 0.15) is 16.7 Å². The molecular weight excluding hydrogens is 374 g/mol. The molecule has 0 saturated carbocycles. The fourth-order valence-corrected chi connectivity index (χ4v) is 3.51. The van der Waals surface area contributed by atoms with Crippen LogP contribution in [-0.2, 0) is 14.8 Å². The van der Waals surface area contributed by atoms with Crippen LogP contribution in [0.2, 0.25) is 5.02 Å². The molecule has 0 aliphatic carbocycles. The van der Waals surface area contributed by atoms with Crippen LogP contribution in [0.15, 0.2) is 47.6 Å². The molecule has 0 radical (unpaired) electrons. The number of sulfonamides is 1. The smallest absolute Gasteiger partial charge is 0.260 e. The Labute approximate surface area is 158 Å². The Morgan fingerprint density at radius 2 is 1.96 bits per heavy atom. The number of hydrogen-bond acceptors (Lipinski definition) is 4. The predicted octanol–water partition coefficient (Wildman–Crippen LogP) is 2.87. The molecule has 138 valence electrons. The quantitative estimate of drug-likeness (QED) is 0.605. The van der Waals surface area contributed by atoms with Gasteiger partial charge in [-0.25, -0.2) is 13.8 Å². The van der Waals surface area contributed by atoms with Gasteiger partial charge in [0.05, 0.1) is 18.2 Å². The molecule has 0 fully saturated rings. The van der Waals surface area contributed by atoms with Crippen molar-refractivity contribution in [2.75, 3.05) is 17.1 Å². The van der Waals surface area contributed by atoms with E-state index in [1.165, 1.54) is 6.21 Å². The van der Waals surface area contributed by atoms with Gasteiger partial charge in [0.15, 0.2) is 0 Å². The number of hydrogen-bond donors (Lipinski definition) is 1. The first-order valence-electron chi connectivity index (χ1n) is 7.79. The number of halogens is 1. The lowest BCUT2D eigenvalue weighted by Crippen LogP contribution is -2.39. The van der Waals surface area contributed by atoms with Crippen molar-refractivity contribution in [3.63, 3.8) is 0 Å². The summed E-state index contributed by atoms with van der Waals surface area (Å²) in [5.41, 5.74) is 5.29. The number of aryl methyl sites for hydroxylation is 2. The van der Waals surface area contributed by atoms with Gasteiger partial charge in [-0.15, -0.1) is 0 Å². The van der Waals surface area contributed by atoms with E-state index >= 15 is 0 Å². The Balaban J connectivity index is 2.12. The van der Waals surface area contributed by atoms with Gasteiger partial charge in [0, 0.05) is 5.02 Å². The topological polar surface area (TPSA) is 78.8 Å². The molecule has 0 unspecified atom stereocenters. The molecule has 6 nitrogen and oxygen atoms in total. The summed E-state index contributed by atoms with van der Waals surface area (Å²) >= 11 is 5.88. The highest BCUT2D eigenvalue weighted by molar-refractivity contribution is 7.92. The molecule has 0 bridgehead atoms. The van der Waals surface area contributed by atoms with Crippen LogP contribution in [0.25, 0.3) is 0 Å². The third-order valence-corrected chi connectivity index (χ3v) is 4.92. The van der Waals surface area contributed by atoms with E-state index in [2.05, 4.69) is 10.5 Å². The molecule has 26 heavy (non-hydrogen) atoms. The van der Waals surface area contributed by atoms with Crippen molar-refractivity contribution >= 4 is 39.4 Å². The highest BCUT2D eigenvalue weighted by Gasteiger charge is 2.22. The van der Waals surface area contributed by atoms with Gasteiger partial charge >= 0.3 is 0 Å². The van der Waals surface area contributed by atoms with Gasteiger partial charge in [-0.2, -0.15) is 5.10 Å². The van der Waals surface area contributed by atoms with Crippen LogP contribution >= 0.6 is 11.6 Å². The van der Waals surface area contributed by atoms with Gasteiger partial charge < -0.3 is 0 Å². The number of hydrazone groups is 1. The van der Waals surface area contributed by atoms with Crippen LogP contribution in [0.3, 0.4) is 0 Å². The number of nitrogens with one attached hydrogen (secondary N) is 1. The van der Waals surface area contributed by atoms with Crippen molar-refractivity contribution in [1.29, 1.82) is 0 Å². The summed E-state index contributed by atoms with van der Waals surface area (Å²) in [5, 5.41) is 4.40. The monoisotopic (exact) mass is 393 g/mol. The van der Waals surface area contributed by atoms with Crippen molar-refractivity contribution in [1.82, 2.24) is 5.43 Å². The lowest BCUT2D eigenvalue weighted by molar-refractivity contribution is -0.119. The second kappa shape index (κ2) is 8.33. The highest BCUT2D eigenvalue weighted by Crippen LogP contribution is 2.23. The Hall–Kier alpha value is -2.38. The molecule has 0 saturated heterocycles. The molecule has 0 atom stereocenters. The van der Waals surface area contributed by atoms with Crippen LogP contribution in [0.4, 0.5) is 5.69 Å². The van der Waals surface area contributed by atoms with Crippen LogP contribution < -0.4 is 9.73 Å². The van der Waals surface area contributed by atoms with E-state index < -0.39 is 15.9 Å². The van der Waals surface area contributed by atoms with Crippen LogP contribution in [0.5, 0.6) is 0 Å². The van der Waals surface area contributed by atoms with E-state index in [4.69, 9.17) is 11.6 Å². The number of nitrogens with zero attached hydrogens (tertiary/aromatic N) is 2. The number of carbonyl (C=O) groups is 1. The van der Waals surface area contributed by atoms with E-state index in [-0.39, 0.29) is 6.54 Å². The third kappa shape index (κ3) is 5.57. The first kappa shape index (κ1) is 19.9. The molecular formula is C18H20ClN3O3S. The summed E-state index contributed by atoms with van der Waals surface area (Å²) in [4.78, 5) is 12.2. The summed E-state index contributed by atoms with van der Waals surface area (Å²) in [6.45, 7) is 3.35. The van der Waals surface area contributed by atoms with Crippen molar-refractivity contribution in [3.05, 3.63) is 64.2 Å². The van der Waals surface area contributed by atoms with E-state index in [1.54, 1.807) is 43.3 Å². The average molecular weight is 394 g/mol. The maximum atomic E-state index is 12.2. The van der Waals surface area contributed by atoms with E-state index in [0.717, 1.165) is 21.7 Å². The molecule has 0 spiro atoms. The summed E-state index contributed by atoms with van der Waals surface area (Å²) in [7, 11) is -3.63. The summed E-state index contributed by atoms with van der Waals surface area (Å²) in [6, 6.07) is 12.3. The molecule has 1 amide bonds. The molecule has 0 aliphatic heterocycles. The maximum absolute atomic E-state index is 12.2. The SMILES string of the molecule is Cc1ccc(N(CC(=O)N/N=C\c2cccc(Cl)c2)S(C)(=O)=O)c(C)c1. The lowest BCUT2D eigenvalue weighted by Gasteiger charge is -2.23. The van der Waals surface area contributed by atoms with Gasteiger partial charge in [-0.3, -0.25) is 9.10 Å². The third-order valence-electron chi connectivity index (χ3n) is 3.56. The minimum Gasteiger partial charge on any atom is -0.271 e. The van der Waals surface area contributed by atoms with Crippen molar-refractivity contribution in [3.8, 4) is 0 Å². The zero-order valence-electron chi connectivity index (χ0n) is 14.7. The maximum Gasteiger partial charge on any atom is 0.260 e. The lowest BCUT2D eigenvalue weighted by atomic mass is 10.1. The average Bonchev–Trinajstić information content (AvgIpc) is 2.52. The zero-order valence-corrected chi connectivity index (χ0v) is 16.3. The molecule has 2 rings (SSSR count). The van der Waals surface area contributed by atoms with E-state index in [0.29, 0.717) is 16.3 Å². The second-order valence-electron chi connectivity index (χ2n) is 5.91. The number of anilines is 1. The summed E-state index contributed by atoms with van der Waals surface area (Å²) in [5.74, 6) is -0.548. The first-order chi connectivity index (χ1) is 12.2. The fourth-order valence-electron chi connectivity index (χ4n) is 2.40. The minimum absolute atomic E-state index is 0.365. The van der Waals surface area contributed by atoms with Crippen LogP contribution in [0, 0.1) is 13.8 Å². The van der Waals surface area contributed by atoms with Gasteiger partial charge in [-0.1, -0.05) is 41.4 Å². The predicted molar refractivity (Wildman–Crippen MR) is 105 cm³/mol. The fraction of sp³-hybridized carbons (Fsp3) is 0.222. The van der Waals surface area contributed by atoms with Crippen molar-refractivity contribution < 1.29 is 13.2 Å². The number of carbonyl (C=O) groups excluding carboxylic acids is 1. The van der Waals surface area contributed by atoms with Gasteiger partial charge in [0.1, 0.15) is 6.54 Å². The summed E-state index contributed by atoms with van der Waals surface area (Å²) in [6.07, 6.45) is 2.50. The molecule has 0 aromatic heterocycles. The molecule has 2 aromatic carbocycles.